The summed E-state index contributed by atoms with van der Waals surface area (Å²) in [4.78, 5) is 18.5. The van der Waals surface area contributed by atoms with E-state index in [1.165, 1.54) is 0 Å². The van der Waals surface area contributed by atoms with Gasteiger partial charge in [-0.25, -0.2) is 0 Å². The van der Waals surface area contributed by atoms with Crippen LogP contribution in [0.2, 0.25) is 0 Å². The van der Waals surface area contributed by atoms with E-state index in [9.17, 15) is 4.79 Å². The van der Waals surface area contributed by atoms with Gasteiger partial charge >= 0.3 is 0 Å². The average molecular weight is 389 g/mol. The largest absolute Gasteiger partial charge is 0.497 e. The Morgan fingerprint density at radius 3 is 2.73 bits per heavy atom. The van der Waals surface area contributed by atoms with Crippen molar-refractivity contribution >= 4 is 33.8 Å². The Morgan fingerprint density at radius 1 is 1.35 bits per heavy atom. The first-order chi connectivity index (χ1) is 12.5. The van der Waals surface area contributed by atoms with E-state index in [1.54, 1.807) is 23.0 Å². The molecule has 0 radical (unpaired) electrons. The van der Waals surface area contributed by atoms with Gasteiger partial charge in [-0.05, 0) is 48.0 Å². The number of hydrogen-bond acceptors (Lipinski definition) is 5. The molecule has 1 unspecified atom stereocenters. The first kappa shape index (κ1) is 17.5. The molecule has 26 heavy (non-hydrogen) atoms. The van der Waals surface area contributed by atoms with Crippen molar-refractivity contribution in [1.82, 2.24) is 9.55 Å². The van der Waals surface area contributed by atoms with Crippen LogP contribution in [0.15, 0.2) is 29.1 Å². The minimum Gasteiger partial charge on any atom is -0.497 e. The quantitative estimate of drug-likeness (QED) is 0.683. The van der Waals surface area contributed by atoms with Crippen LogP contribution in [0, 0.1) is 10.7 Å². The zero-order valence-electron chi connectivity index (χ0n) is 14.9. The zero-order chi connectivity index (χ0) is 18.4. The number of nitrogens with one attached hydrogen (secondary N) is 1. The molecule has 4 rings (SSSR count). The summed E-state index contributed by atoms with van der Waals surface area (Å²) < 4.78 is 13.1. The van der Waals surface area contributed by atoms with Crippen LogP contribution in [-0.2, 0) is 17.8 Å². The predicted molar refractivity (Wildman–Crippen MR) is 106 cm³/mol. The molecule has 0 saturated heterocycles. The maximum atomic E-state index is 13.3. The highest BCUT2D eigenvalue weighted by molar-refractivity contribution is 7.71. The van der Waals surface area contributed by atoms with Crippen molar-refractivity contribution in [1.29, 1.82) is 0 Å². The van der Waals surface area contributed by atoms with E-state index in [1.807, 2.05) is 24.3 Å². The van der Waals surface area contributed by atoms with Crippen molar-refractivity contribution in [3.05, 3.63) is 49.8 Å². The molecular formula is C19H20N2O3S2. The molecule has 0 spiro atoms. The molecule has 5 nitrogen and oxygen atoms in total. The smallest absolute Gasteiger partial charge is 0.267 e. The van der Waals surface area contributed by atoms with E-state index in [2.05, 4.69) is 18.8 Å². The summed E-state index contributed by atoms with van der Waals surface area (Å²) in [6.45, 7) is 4.85. The van der Waals surface area contributed by atoms with Gasteiger partial charge in [0.2, 0.25) is 0 Å². The minimum absolute atomic E-state index is 0.0733. The Kier molecular flexibility index (Phi) is 4.46. The van der Waals surface area contributed by atoms with Gasteiger partial charge in [0.25, 0.3) is 5.56 Å². The van der Waals surface area contributed by atoms with Gasteiger partial charge in [-0.2, -0.15) is 0 Å². The molecule has 0 fully saturated rings. The molecule has 1 atom stereocenters. The lowest BCUT2D eigenvalue weighted by atomic mass is 9.96. The summed E-state index contributed by atoms with van der Waals surface area (Å²) in [6.07, 6.45) is 0.896. The fourth-order valence-corrected chi connectivity index (χ4v) is 4.85. The number of aromatic amines is 1. The van der Waals surface area contributed by atoms with Gasteiger partial charge in [0, 0.05) is 11.3 Å². The van der Waals surface area contributed by atoms with Gasteiger partial charge in [-0.1, -0.05) is 13.8 Å². The van der Waals surface area contributed by atoms with Crippen LogP contribution in [0.4, 0.5) is 0 Å². The van der Waals surface area contributed by atoms with E-state index < -0.39 is 0 Å². The molecule has 3 heterocycles. The molecule has 1 aliphatic heterocycles. The maximum Gasteiger partial charge on any atom is 0.267 e. The molecule has 3 aromatic rings. The summed E-state index contributed by atoms with van der Waals surface area (Å²) in [5.74, 6) is 1.15. The molecule has 136 valence electrons. The van der Waals surface area contributed by atoms with Crippen LogP contribution in [0.1, 0.15) is 24.3 Å². The molecule has 0 amide bonds. The van der Waals surface area contributed by atoms with Gasteiger partial charge in [-0.15, -0.1) is 11.3 Å². The number of benzene rings is 1. The fourth-order valence-electron chi connectivity index (χ4n) is 3.35. The molecule has 0 saturated carbocycles. The molecular weight excluding hydrogens is 368 g/mol. The van der Waals surface area contributed by atoms with Crippen molar-refractivity contribution in [3.8, 4) is 11.4 Å². The monoisotopic (exact) mass is 388 g/mol. The van der Waals surface area contributed by atoms with E-state index in [-0.39, 0.29) is 11.7 Å². The Morgan fingerprint density at radius 2 is 2.08 bits per heavy atom. The summed E-state index contributed by atoms with van der Waals surface area (Å²) in [5, 5.41) is 0.739. The van der Waals surface area contributed by atoms with Crippen molar-refractivity contribution in [2.24, 2.45) is 5.92 Å². The van der Waals surface area contributed by atoms with Gasteiger partial charge in [0.05, 0.1) is 30.9 Å². The fraction of sp³-hybridized carbons (Fsp3) is 0.368. The number of fused-ring (bicyclic) bond motifs is 3. The van der Waals surface area contributed by atoms with Crippen LogP contribution < -0.4 is 10.3 Å². The number of rotatable bonds is 3. The van der Waals surface area contributed by atoms with E-state index >= 15 is 0 Å². The third kappa shape index (κ3) is 2.80. The standard InChI is InChI=1S/C19H20N2O3S2/c1-10(2)14-8-13-15(9-24-14)26-17-16(13)18(22)21(19(25)20-17)11-4-6-12(23-3)7-5-11/h4-7,10,14H,8-9H2,1-3H3,(H,20,25). The summed E-state index contributed by atoms with van der Waals surface area (Å²) >= 11 is 7.04. The Balaban J connectivity index is 1.92. The Bertz CT molecular complexity index is 1080. The van der Waals surface area contributed by atoms with Crippen LogP contribution in [0.25, 0.3) is 15.9 Å². The third-order valence-corrected chi connectivity index (χ3v) is 6.24. The number of nitrogens with zero attached hydrogens (tertiary/aromatic N) is 1. The van der Waals surface area contributed by atoms with Gasteiger partial charge in [0.15, 0.2) is 4.77 Å². The van der Waals surface area contributed by atoms with Crippen LogP contribution in [0.3, 0.4) is 0 Å². The number of aromatic nitrogens is 2. The van der Waals surface area contributed by atoms with Crippen LogP contribution in [0.5, 0.6) is 5.75 Å². The molecule has 1 N–H and O–H groups in total. The number of methoxy groups -OCH3 is 1. The average Bonchev–Trinajstić information content (AvgIpc) is 2.99. The number of hydrogen-bond donors (Lipinski definition) is 1. The van der Waals surface area contributed by atoms with E-state index in [4.69, 9.17) is 21.7 Å². The van der Waals surface area contributed by atoms with Crippen molar-refractivity contribution in [2.45, 2.75) is 33.0 Å². The second-order valence-corrected chi connectivity index (χ2v) is 8.27. The van der Waals surface area contributed by atoms with Crippen LogP contribution >= 0.6 is 23.6 Å². The van der Waals surface area contributed by atoms with Crippen molar-refractivity contribution in [3.63, 3.8) is 0 Å². The highest BCUT2D eigenvalue weighted by Crippen LogP contribution is 2.35. The highest BCUT2D eigenvalue weighted by Gasteiger charge is 2.27. The normalized spacial score (nSPS) is 16.8. The number of thiophene rings is 1. The lowest BCUT2D eigenvalue weighted by Crippen LogP contribution is -2.28. The number of ether oxygens (including phenoxy) is 2. The number of H-pyrrole nitrogens is 1. The lowest BCUT2D eigenvalue weighted by molar-refractivity contribution is 0.00200. The first-order valence-electron chi connectivity index (χ1n) is 8.55. The molecule has 0 aliphatic carbocycles. The minimum atomic E-state index is -0.0733. The maximum absolute atomic E-state index is 13.3. The molecule has 1 aromatic carbocycles. The summed E-state index contributed by atoms with van der Waals surface area (Å²) in [5.41, 5.74) is 1.76. The van der Waals surface area contributed by atoms with Crippen molar-refractivity contribution < 1.29 is 9.47 Å². The molecule has 1 aliphatic rings. The SMILES string of the molecule is COc1ccc(-n2c(=S)[nH]c3sc4c(c3c2=O)CC(C(C)C)OC4)cc1. The summed E-state index contributed by atoms with van der Waals surface area (Å²) in [7, 11) is 1.62. The van der Waals surface area contributed by atoms with Crippen LogP contribution in [-0.4, -0.2) is 22.8 Å². The second kappa shape index (κ2) is 6.64. The Hall–Kier alpha value is -1.96. The third-order valence-electron chi connectivity index (χ3n) is 4.84. The lowest BCUT2D eigenvalue weighted by Gasteiger charge is -2.26. The molecule has 0 bridgehead atoms. The zero-order valence-corrected chi connectivity index (χ0v) is 16.5. The topological polar surface area (TPSA) is 56.2 Å². The van der Waals surface area contributed by atoms with E-state index in [0.717, 1.165) is 38.5 Å². The highest BCUT2D eigenvalue weighted by atomic mass is 32.1. The molecule has 2 aromatic heterocycles. The Labute approximate surface area is 160 Å². The molecule has 7 heteroatoms. The first-order valence-corrected chi connectivity index (χ1v) is 9.77. The summed E-state index contributed by atoms with van der Waals surface area (Å²) in [6, 6.07) is 7.34. The van der Waals surface area contributed by atoms with Gasteiger partial charge in [-0.3, -0.25) is 9.36 Å². The predicted octanol–water partition coefficient (Wildman–Crippen LogP) is 4.22. The second-order valence-electron chi connectivity index (χ2n) is 6.77. The van der Waals surface area contributed by atoms with Gasteiger partial charge < -0.3 is 14.5 Å². The van der Waals surface area contributed by atoms with E-state index in [0.29, 0.717) is 17.3 Å². The van der Waals surface area contributed by atoms with Crippen molar-refractivity contribution in [2.75, 3.05) is 7.11 Å². The van der Waals surface area contributed by atoms with Gasteiger partial charge in [0.1, 0.15) is 10.6 Å².